The van der Waals surface area contributed by atoms with E-state index in [4.69, 9.17) is 4.74 Å². The number of hydrogen-bond donors (Lipinski definition) is 1. The molecule has 110 valence electrons. The number of unbranched alkanes of at least 4 members (excludes halogenated alkanes) is 1. The summed E-state index contributed by atoms with van der Waals surface area (Å²) in [5.41, 5.74) is 0.812. The standard InChI is InChI=1S/C16H24N2O2/c19-16(15-7-3-11-18(15)13-8-9-13)17-10-2-1-5-14-6-4-12-20-14/h3,7,11,13-14H,1-2,4-6,8-10,12H2,(H,17,19). The average molecular weight is 276 g/mol. The minimum absolute atomic E-state index is 0.0685. The molecular weight excluding hydrogens is 252 g/mol. The predicted molar refractivity (Wildman–Crippen MR) is 77.9 cm³/mol. The molecule has 0 bridgehead atoms. The molecule has 1 aliphatic carbocycles. The molecule has 2 fully saturated rings. The first-order valence-corrected chi connectivity index (χ1v) is 7.91. The highest BCUT2D eigenvalue weighted by Crippen LogP contribution is 2.35. The van der Waals surface area contributed by atoms with Crippen LogP contribution in [0.4, 0.5) is 0 Å². The fraction of sp³-hybridized carbons (Fsp3) is 0.688. The molecule has 2 heterocycles. The van der Waals surface area contributed by atoms with Crippen LogP contribution >= 0.6 is 0 Å². The molecule has 0 aromatic carbocycles. The van der Waals surface area contributed by atoms with Gasteiger partial charge in [0.25, 0.3) is 5.91 Å². The number of carbonyl (C=O) groups excluding carboxylic acids is 1. The molecule has 0 spiro atoms. The number of hydrogen-bond acceptors (Lipinski definition) is 2. The summed E-state index contributed by atoms with van der Waals surface area (Å²) in [6, 6.07) is 4.44. The van der Waals surface area contributed by atoms with Crippen LogP contribution in [0.2, 0.25) is 0 Å². The Balaban J connectivity index is 1.35. The van der Waals surface area contributed by atoms with Crippen LogP contribution < -0.4 is 5.32 Å². The Kier molecular flexibility index (Phi) is 4.41. The van der Waals surface area contributed by atoms with Crippen LogP contribution in [0.1, 0.15) is 61.5 Å². The average Bonchev–Trinajstić information content (AvgIpc) is 2.98. The van der Waals surface area contributed by atoms with Gasteiger partial charge in [-0.2, -0.15) is 0 Å². The molecule has 4 nitrogen and oxygen atoms in total. The second kappa shape index (κ2) is 6.44. The number of rotatable bonds is 7. The molecule has 1 aliphatic heterocycles. The van der Waals surface area contributed by atoms with Gasteiger partial charge in [0.15, 0.2) is 0 Å². The first-order valence-electron chi connectivity index (χ1n) is 7.91. The van der Waals surface area contributed by atoms with E-state index in [1.165, 1.54) is 25.7 Å². The Hall–Kier alpha value is -1.29. The van der Waals surface area contributed by atoms with Crippen LogP contribution in [0.25, 0.3) is 0 Å². The third-order valence-electron chi connectivity index (χ3n) is 4.21. The molecule has 3 rings (SSSR count). The van der Waals surface area contributed by atoms with E-state index in [1.807, 2.05) is 18.3 Å². The number of carbonyl (C=O) groups is 1. The van der Waals surface area contributed by atoms with Gasteiger partial charge in [0.05, 0.1) is 6.10 Å². The first kappa shape index (κ1) is 13.7. The van der Waals surface area contributed by atoms with Gasteiger partial charge in [-0.1, -0.05) is 0 Å². The van der Waals surface area contributed by atoms with E-state index in [-0.39, 0.29) is 5.91 Å². The molecule has 1 saturated carbocycles. The van der Waals surface area contributed by atoms with E-state index in [0.717, 1.165) is 38.1 Å². The van der Waals surface area contributed by atoms with Crippen molar-refractivity contribution in [3.05, 3.63) is 24.0 Å². The summed E-state index contributed by atoms with van der Waals surface area (Å²) in [4.78, 5) is 12.1. The fourth-order valence-corrected chi connectivity index (χ4v) is 2.92. The highest BCUT2D eigenvalue weighted by Gasteiger charge is 2.26. The number of amides is 1. The van der Waals surface area contributed by atoms with E-state index in [9.17, 15) is 4.79 Å². The molecule has 1 aromatic heterocycles. The van der Waals surface area contributed by atoms with Gasteiger partial charge in [-0.05, 0) is 57.1 Å². The Morgan fingerprint density at radius 3 is 3.00 bits per heavy atom. The maximum absolute atomic E-state index is 12.1. The quantitative estimate of drug-likeness (QED) is 0.778. The molecule has 2 aliphatic rings. The second-order valence-electron chi connectivity index (χ2n) is 5.92. The van der Waals surface area contributed by atoms with Crippen molar-refractivity contribution < 1.29 is 9.53 Å². The SMILES string of the molecule is O=C(NCCCCC1CCCO1)c1cccn1C1CC1. The predicted octanol–water partition coefficient (Wildman–Crippen LogP) is 2.90. The normalized spacial score (nSPS) is 22.1. The minimum Gasteiger partial charge on any atom is -0.378 e. The van der Waals surface area contributed by atoms with Crippen LogP contribution in [-0.2, 0) is 4.74 Å². The molecular formula is C16H24N2O2. The monoisotopic (exact) mass is 276 g/mol. The lowest BCUT2D eigenvalue weighted by Gasteiger charge is -2.10. The van der Waals surface area contributed by atoms with Gasteiger partial charge in [0.1, 0.15) is 5.69 Å². The van der Waals surface area contributed by atoms with Crippen LogP contribution in [0.3, 0.4) is 0 Å². The molecule has 1 aromatic rings. The third-order valence-corrected chi connectivity index (χ3v) is 4.21. The van der Waals surface area contributed by atoms with Crippen molar-refractivity contribution in [3.8, 4) is 0 Å². The third kappa shape index (κ3) is 3.42. The van der Waals surface area contributed by atoms with Crippen LogP contribution in [-0.4, -0.2) is 29.7 Å². The largest absolute Gasteiger partial charge is 0.378 e. The number of ether oxygens (including phenoxy) is 1. The molecule has 4 heteroatoms. The van der Waals surface area contributed by atoms with Crippen molar-refractivity contribution in [2.45, 2.75) is 57.1 Å². The van der Waals surface area contributed by atoms with Gasteiger partial charge in [0, 0.05) is 25.4 Å². The number of aromatic nitrogens is 1. The first-order chi connectivity index (χ1) is 9.84. The van der Waals surface area contributed by atoms with Gasteiger partial charge >= 0.3 is 0 Å². The molecule has 1 unspecified atom stereocenters. The zero-order valence-electron chi connectivity index (χ0n) is 12.0. The number of nitrogens with zero attached hydrogens (tertiary/aromatic N) is 1. The van der Waals surface area contributed by atoms with Gasteiger partial charge in [-0.3, -0.25) is 4.79 Å². The van der Waals surface area contributed by atoms with Crippen LogP contribution in [0.5, 0.6) is 0 Å². The smallest absolute Gasteiger partial charge is 0.267 e. The molecule has 1 atom stereocenters. The van der Waals surface area contributed by atoms with Crippen molar-refractivity contribution in [2.75, 3.05) is 13.2 Å². The topological polar surface area (TPSA) is 43.3 Å². The van der Waals surface area contributed by atoms with E-state index >= 15 is 0 Å². The Morgan fingerprint density at radius 1 is 1.35 bits per heavy atom. The van der Waals surface area contributed by atoms with Gasteiger partial charge in [0.2, 0.25) is 0 Å². The minimum atomic E-state index is 0.0685. The van der Waals surface area contributed by atoms with Crippen LogP contribution in [0, 0.1) is 0 Å². The lowest BCUT2D eigenvalue weighted by molar-refractivity contribution is 0.0938. The van der Waals surface area contributed by atoms with Crippen LogP contribution in [0.15, 0.2) is 18.3 Å². The van der Waals surface area contributed by atoms with Gasteiger partial charge in [-0.25, -0.2) is 0 Å². The van der Waals surface area contributed by atoms with Gasteiger partial charge in [-0.15, -0.1) is 0 Å². The number of nitrogens with one attached hydrogen (secondary N) is 1. The Morgan fingerprint density at radius 2 is 2.25 bits per heavy atom. The summed E-state index contributed by atoms with van der Waals surface area (Å²) in [6.07, 6.45) is 10.6. The van der Waals surface area contributed by atoms with E-state index in [1.54, 1.807) is 0 Å². The summed E-state index contributed by atoms with van der Waals surface area (Å²) in [6.45, 7) is 1.70. The maximum Gasteiger partial charge on any atom is 0.267 e. The molecule has 1 saturated heterocycles. The summed E-state index contributed by atoms with van der Waals surface area (Å²) >= 11 is 0. The molecule has 20 heavy (non-hydrogen) atoms. The molecule has 1 amide bonds. The maximum atomic E-state index is 12.1. The van der Waals surface area contributed by atoms with Crippen molar-refractivity contribution in [1.29, 1.82) is 0 Å². The highest BCUT2D eigenvalue weighted by molar-refractivity contribution is 5.92. The highest BCUT2D eigenvalue weighted by atomic mass is 16.5. The van der Waals surface area contributed by atoms with Crippen molar-refractivity contribution in [3.63, 3.8) is 0 Å². The lowest BCUT2D eigenvalue weighted by Crippen LogP contribution is -2.26. The van der Waals surface area contributed by atoms with Gasteiger partial charge < -0.3 is 14.6 Å². The van der Waals surface area contributed by atoms with Crippen molar-refractivity contribution >= 4 is 5.91 Å². The van der Waals surface area contributed by atoms with Crippen molar-refractivity contribution in [2.24, 2.45) is 0 Å². The second-order valence-corrected chi connectivity index (χ2v) is 5.92. The van der Waals surface area contributed by atoms with E-state index in [2.05, 4.69) is 9.88 Å². The van der Waals surface area contributed by atoms with E-state index in [0.29, 0.717) is 12.1 Å². The zero-order valence-corrected chi connectivity index (χ0v) is 12.0. The summed E-state index contributed by atoms with van der Waals surface area (Å²) in [7, 11) is 0. The summed E-state index contributed by atoms with van der Waals surface area (Å²) < 4.78 is 7.71. The van der Waals surface area contributed by atoms with E-state index < -0.39 is 0 Å². The van der Waals surface area contributed by atoms with Crippen molar-refractivity contribution in [1.82, 2.24) is 9.88 Å². The molecule has 1 N–H and O–H groups in total. The lowest BCUT2D eigenvalue weighted by atomic mass is 10.1. The summed E-state index contributed by atoms with van der Waals surface area (Å²) in [5.74, 6) is 0.0685. The fourth-order valence-electron chi connectivity index (χ4n) is 2.92. The Labute approximate surface area is 120 Å². The Bertz CT molecular complexity index is 445. The zero-order chi connectivity index (χ0) is 13.8. The summed E-state index contributed by atoms with van der Waals surface area (Å²) in [5, 5.41) is 3.03. The molecule has 0 radical (unpaired) electrons.